The fourth-order valence-corrected chi connectivity index (χ4v) is 3.06. The summed E-state index contributed by atoms with van der Waals surface area (Å²) in [6, 6.07) is 13.9. The Morgan fingerprint density at radius 3 is 2.65 bits per heavy atom. The van der Waals surface area contributed by atoms with Crippen LogP contribution in [0.3, 0.4) is 0 Å². The lowest BCUT2D eigenvalue weighted by Crippen LogP contribution is -2.29. The number of ether oxygens (including phenoxy) is 1. The van der Waals surface area contributed by atoms with Crippen LogP contribution in [-0.4, -0.2) is 13.0 Å². The molecule has 2 rings (SSSR count). The van der Waals surface area contributed by atoms with Crippen LogP contribution in [0.2, 0.25) is 0 Å². The van der Waals surface area contributed by atoms with Crippen molar-refractivity contribution in [3.05, 3.63) is 63.6 Å². The maximum absolute atomic E-state index is 12.3. The van der Waals surface area contributed by atoms with Gasteiger partial charge in [-0.3, -0.25) is 4.79 Å². The molecule has 0 heterocycles. The predicted molar refractivity (Wildman–Crippen MR) is 96.8 cm³/mol. The third-order valence-electron chi connectivity index (χ3n) is 3.82. The van der Waals surface area contributed by atoms with Crippen LogP contribution in [-0.2, 0) is 11.2 Å². The summed E-state index contributed by atoms with van der Waals surface area (Å²) >= 11 is 3.43. The van der Waals surface area contributed by atoms with Crippen molar-refractivity contribution < 1.29 is 9.53 Å². The average Bonchev–Trinajstić information content (AvgIpc) is 2.52. The summed E-state index contributed by atoms with van der Waals surface area (Å²) in [4.78, 5) is 12.3. The highest BCUT2D eigenvalue weighted by molar-refractivity contribution is 9.10. The maximum Gasteiger partial charge on any atom is 0.224 e. The van der Waals surface area contributed by atoms with Gasteiger partial charge < -0.3 is 10.1 Å². The summed E-state index contributed by atoms with van der Waals surface area (Å²) in [5.41, 5.74) is 3.18. The van der Waals surface area contributed by atoms with Crippen molar-refractivity contribution in [2.45, 2.75) is 32.7 Å². The lowest BCUT2D eigenvalue weighted by atomic mass is 10.0. The second-order valence-corrected chi connectivity index (χ2v) is 6.48. The van der Waals surface area contributed by atoms with E-state index in [1.165, 1.54) is 0 Å². The van der Waals surface area contributed by atoms with Gasteiger partial charge in [-0.1, -0.05) is 47.1 Å². The third kappa shape index (κ3) is 4.83. The highest BCUT2D eigenvalue weighted by Crippen LogP contribution is 2.24. The number of carbonyl (C=O) groups excluding carboxylic acids is 1. The molecule has 1 amide bonds. The van der Waals surface area contributed by atoms with Crippen LogP contribution in [0.15, 0.2) is 46.9 Å². The van der Waals surface area contributed by atoms with Crippen LogP contribution in [0.25, 0.3) is 0 Å². The first-order chi connectivity index (χ1) is 11.0. The van der Waals surface area contributed by atoms with Crippen molar-refractivity contribution in [2.75, 3.05) is 7.11 Å². The number of methoxy groups -OCH3 is 1. The Balaban J connectivity index is 2.06. The highest BCUT2D eigenvalue weighted by Gasteiger charge is 2.14. The van der Waals surface area contributed by atoms with Gasteiger partial charge >= 0.3 is 0 Å². The molecule has 4 heteroatoms. The number of amides is 1. The Morgan fingerprint density at radius 1 is 1.26 bits per heavy atom. The zero-order valence-corrected chi connectivity index (χ0v) is 15.3. The van der Waals surface area contributed by atoms with Crippen LogP contribution in [0, 0.1) is 6.92 Å². The number of hydrogen-bond acceptors (Lipinski definition) is 2. The van der Waals surface area contributed by atoms with Crippen LogP contribution in [0.4, 0.5) is 0 Å². The lowest BCUT2D eigenvalue weighted by Gasteiger charge is -2.19. The van der Waals surface area contributed by atoms with E-state index < -0.39 is 0 Å². The van der Waals surface area contributed by atoms with Gasteiger partial charge in [-0.05, 0) is 48.2 Å². The number of rotatable bonds is 6. The van der Waals surface area contributed by atoms with E-state index in [2.05, 4.69) is 34.2 Å². The summed E-state index contributed by atoms with van der Waals surface area (Å²) < 4.78 is 6.28. The van der Waals surface area contributed by atoms with E-state index in [9.17, 15) is 4.79 Å². The normalized spacial score (nSPS) is 11.8. The summed E-state index contributed by atoms with van der Waals surface area (Å²) in [5, 5.41) is 3.12. The maximum atomic E-state index is 12.3. The van der Waals surface area contributed by atoms with Gasteiger partial charge in [0.25, 0.3) is 0 Å². The molecular weight excluding hydrogens is 354 g/mol. The summed E-state index contributed by atoms with van der Waals surface area (Å²) in [7, 11) is 1.67. The molecule has 1 N–H and O–H groups in total. The summed E-state index contributed by atoms with van der Waals surface area (Å²) in [6.45, 7) is 4.09. The number of nitrogens with one attached hydrogen (secondary N) is 1. The van der Waals surface area contributed by atoms with E-state index in [-0.39, 0.29) is 11.9 Å². The lowest BCUT2D eigenvalue weighted by molar-refractivity contribution is -0.121. The predicted octanol–water partition coefficient (Wildman–Crippen LogP) is 4.58. The summed E-state index contributed by atoms with van der Waals surface area (Å²) in [6.07, 6.45) is 1.22. The van der Waals surface area contributed by atoms with Crippen LogP contribution >= 0.6 is 15.9 Å². The number of hydrogen-bond donors (Lipinski definition) is 1. The zero-order valence-electron chi connectivity index (χ0n) is 13.7. The Labute approximate surface area is 146 Å². The van der Waals surface area contributed by atoms with Crippen molar-refractivity contribution in [3.8, 4) is 5.75 Å². The van der Waals surface area contributed by atoms with Gasteiger partial charge in [0.1, 0.15) is 5.75 Å². The van der Waals surface area contributed by atoms with Gasteiger partial charge in [0, 0.05) is 4.47 Å². The van der Waals surface area contributed by atoms with E-state index in [1.54, 1.807) is 7.11 Å². The van der Waals surface area contributed by atoms with Gasteiger partial charge in [-0.2, -0.15) is 0 Å². The minimum atomic E-state index is 0.0132. The molecule has 0 bridgehead atoms. The largest absolute Gasteiger partial charge is 0.496 e. The number of benzene rings is 2. The van der Waals surface area contributed by atoms with Gasteiger partial charge in [-0.25, -0.2) is 0 Å². The average molecular weight is 376 g/mol. The first kappa shape index (κ1) is 17.5. The highest BCUT2D eigenvalue weighted by atomic mass is 79.9. The second-order valence-electron chi connectivity index (χ2n) is 5.56. The van der Waals surface area contributed by atoms with Gasteiger partial charge in [0.2, 0.25) is 5.91 Å². The molecule has 23 heavy (non-hydrogen) atoms. The first-order valence-electron chi connectivity index (χ1n) is 7.71. The monoisotopic (exact) mass is 375 g/mol. The molecule has 0 aliphatic rings. The minimum absolute atomic E-state index is 0.0132. The molecule has 2 aromatic rings. The SMILES string of the molecule is CCC(NC(=O)Cc1cccc(Br)c1)c1ccc(OC)c(C)c1. The summed E-state index contributed by atoms with van der Waals surface area (Å²) in [5.74, 6) is 0.896. The molecule has 0 aromatic heterocycles. The van der Waals surface area contributed by atoms with E-state index in [0.29, 0.717) is 6.42 Å². The van der Waals surface area contributed by atoms with Crippen molar-refractivity contribution in [1.82, 2.24) is 5.32 Å². The molecule has 0 fully saturated rings. The van der Waals surface area contributed by atoms with Gasteiger partial charge in [-0.15, -0.1) is 0 Å². The molecule has 0 aliphatic carbocycles. The van der Waals surface area contributed by atoms with Crippen LogP contribution < -0.4 is 10.1 Å². The fraction of sp³-hybridized carbons (Fsp3) is 0.316. The number of aryl methyl sites for hydroxylation is 1. The van der Waals surface area contributed by atoms with Crippen molar-refractivity contribution in [3.63, 3.8) is 0 Å². The molecule has 0 aliphatic heterocycles. The zero-order chi connectivity index (χ0) is 16.8. The second kappa shape index (κ2) is 8.16. The van der Waals surface area contributed by atoms with Gasteiger partial charge in [0.15, 0.2) is 0 Å². The molecule has 0 saturated heterocycles. The molecule has 122 valence electrons. The molecule has 1 unspecified atom stereocenters. The van der Waals surface area contributed by atoms with E-state index in [0.717, 1.165) is 33.3 Å². The molecule has 3 nitrogen and oxygen atoms in total. The Morgan fingerprint density at radius 2 is 2.04 bits per heavy atom. The van der Waals surface area contributed by atoms with Crippen molar-refractivity contribution in [2.24, 2.45) is 0 Å². The van der Waals surface area contributed by atoms with Crippen molar-refractivity contribution in [1.29, 1.82) is 0 Å². The molecule has 2 aromatic carbocycles. The first-order valence-corrected chi connectivity index (χ1v) is 8.51. The fourth-order valence-electron chi connectivity index (χ4n) is 2.62. The smallest absolute Gasteiger partial charge is 0.224 e. The Kier molecular flexibility index (Phi) is 6.22. The molecule has 0 saturated carbocycles. The minimum Gasteiger partial charge on any atom is -0.496 e. The topological polar surface area (TPSA) is 38.3 Å². The third-order valence-corrected chi connectivity index (χ3v) is 4.31. The quantitative estimate of drug-likeness (QED) is 0.802. The number of halogens is 1. The Bertz CT molecular complexity index is 685. The molecule has 0 spiro atoms. The molecular formula is C19H22BrNO2. The number of carbonyl (C=O) groups is 1. The van der Waals surface area contributed by atoms with E-state index in [4.69, 9.17) is 4.74 Å². The van der Waals surface area contributed by atoms with Crippen molar-refractivity contribution >= 4 is 21.8 Å². The van der Waals surface area contributed by atoms with E-state index in [1.807, 2.05) is 43.3 Å². The molecule has 1 atom stereocenters. The van der Waals surface area contributed by atoms with Crippen LogP contribution in [0.1, 0.15) is 36.1 Å². The van der Waals surface area contributed by atoms with E-state index >= 15 is 0 Å². The van der Waals surface area contributed by atoms with Gasteiger partial charge in [0.05, 0.1) is 19.6 Å². The van der Waals surface area contributed by atoms with Crippen LogP contribution in [0.5, 0.6) is 5.75 Å². The molecule has 0 radical (unpaired) electrons. The standard InChI is InChI=1S/C19H22BrNO2/c1-4-17(15-8-9-18(23-3)13(2)10-15)21-19(22)12-14-6-5-7-16(20)11-14/h5-11,17H,4,12H2,1-3H3,(H,21,22). The Hall–Kier alpha value is -1.81.